The summed E-state index contributed by atoms with van der Waals surface area (Å²) >= 11 is 0. The Morgan fingerprint density at radius 2 is 2.11 bits per heavy atom. The average Bonchev–Trinajstić information content (AvgIpc) is 2.29. The molecule has 0 aliphatic rings. The van der Waals surface area contributed by atoms with E-state index in [2.05, 4.69) is 21.8 Å². The van der Waals surface area contributed by atoms with Gasteiger partial charge < -0.3 is 14.9 Å². The van der Waals surface area contributed by atoms with Crippen molar-refractivity contribution in [3.05, 3.63) is 18.1 Å². The lowest BCUT2D eigenvalue weighted by Gasteiger charge is -2.30. The Kier molecular flexibility index (Phi) is 5.03. The summed E-state index contributed by atoms with van der Waals surface area (Å²) in [5.74, 6) is -0.451. The smallest absolute Gasteiger partial charge is 0.356 e. The van der Waals surface area contributed by atoms with E-state index in [4.69, 9.17) is 5.11 Å². The summed E-state index contributed by atoms with van der Waals surface area (Å²) in [6.45, 7) is 5.72. The summed E-state index contributed by atoms with van der Waals surface area (Å²) in [7, 11) is 4.01. The van der Waals surface area contributed by atoms with E-state index < -0.39 is 5.97 Å². The van der Waals surface area contributed by atoms with Crippen molar-refractivity contribution < 1.29 is 9.90 Å². The molecule has 1 rings (SSSR count). The molecule has 0 aliphatic carbocycles. The van der Waals surface area contributed by atoms with E-state index in [-0.39, 0.29) is 11.7 Å². The van der Waals surface area contributed by atoms with Gasteiger partial charge in [-0.1, -0.05) is 0 Å². The molecule has 0 fully saturated rings. The van der Waals surface area contributed by atoms with E-state index >= 15 is 0 Å². The highest BCUT2D eigenvalue weighted by atomic mass is 16.4. The lowest BCUT2D eigenvalue weighted by molar-refractivity contribution is 0.0690. The van der Waals surface area contributed by atoms with Crippen molar-refractivity contribution in [1.82, 2.24) is 14.9 Å². The maximum Gasteiger partial charge on any atom is 0.356 e. The second kappa shape index (κ2) is 6.30. The maximum atomic E-state index is 10.9. The molecule has 6 heteroatoms. The van der Waals surface area contributed by atoms with Crippen molar-refractivity contribution in [3.63, 3.8) is 0 Å². The minimum Gasteiger partial charge on any atom is -0.476 e. The third-order valence-electron chi connectivity index (χ3n) is 2.64. The normalized spacial score (nSPS) is 12.5. The number of likely N-dealkylation sites (N-methyl/N-ethyl adjacent to an activating group) is 2. The Morgan fingerprint density at radius 1 is 1.44 bits per heavy atom. The molecule has 1 N–H and O–H groups in total. The van der Waals surface area contributed by atoms with E-state index in [1.165, 1.54) is 6.20 Å². The fraction of sp³-hybridized carbons (Fsp3) is 0.583. The first-order valence-electron chi connectivity index (χ1n) is 5.92. The minimum atomic E-state index is -1.05. The zero-order valence-corrected chi connectivity index (χ0v) is 11.3. The summed E-state index contributed by atoms with van der Waals surface area (Å²) in [4.78, 5) is 23.1. The van der Waals surface area contributed by atoms with Crippen LogP contribution in [0.4, 0.5) is 5.82 Å². The van der Waals surface area contributed by atoms with E-state index in [1.807, 2.05) is 25.9 Å². The molecule has 1 unspecified atom stereocenters. The molecule has 1 atom stereocenters. The number of aromatic carboxylic acids is 1. The SMILES string of the molecule is CCN(c1cncc(C(=O)O)n1)C(C)CN(C)C. The summed E-state index contributed by atoms with van der Waals surface area (Å²) in [5.41, 5.74) is -0.0250. The Bertz CT molecular complexity index is 409. The molecule has 0 amide bonds. The van der Waals surface area contributed by atoms with Gasteiger partial charge in [0.25, 0.3) is 0 Å². The molecule has 100 valence electrons. The van der Waals surface area contributed by atoms with E-state index in [0.29, 0.717) is 5.82 Å². The molecule has 0 saturated heterocycles. The van der Waals surface area contributed by atoms with Gasteiger partial charge in [0.15, 0.2) is 5.69 Å². The van der Waals surface area contributed by atoms with E-state index in [9.17, 15) is 4.79 Å². The summed E-state index contributed by atoms with van der Waals surface area (Å²) < 4.78 is 0. The lowest BCUT2D eigenvalue weighted by atomic mass is 10.2. The zero-order valence-electron chi connectivity index (χ0n) is 11.3. The maximum absolute atomic E-state index is 10.9. The van der Waals surface area contributed by atoms with Crippen LogP contribution < -0.4 is 4.90 Å². The molecule has 0 saturated carbocycles. The van der Waals surface area contributed by atoms with Crippen molar-refractivity contribution in [1.29, 1.82) is 0 Å². The van der Waals surface area contributed by atoms with Crippen LogP contribution in [-0.4, -0.2) is 59.2 Å². The molecule has 0 radical (unpaired) electrons. The Hall–Kier alpha value is -1.69. The number of carbonyl (C=O) groups is 1. The van der Waals surface area contributed by atoms with Gasteiger partial charge in [0, 0.05) is 19.1 Å². The fourth-order valence-electron chi connectivity index (χ4n) is 1.92. The molecule has 1 heterocycles. The molecule has 0 aromatic carbocycles. The standard InChI is InChI=1S/C12H20N4O2/c1-5-16(9(2)8-15(3)4)11-7-13-6-10(14-11)12(17)18/h6-7,9H,5,8H2,1-4H3,(H,17,18). The first kappa shape index (κ1) is 14.4. The number of carboxylic acids is 1. The summed E-state index contributed by atoms with van der Waals surface area (Å²) in [6.07, 6.45) is 2.86. The number of anilines is 1. The van der Waals surface area contributed by atoms with Gasteiger partial charge in [-0.05, 0) is 27.9 Å². The van der Waals surface area contributed by atoms with Crippen LogP contribution in [0, 0.1) is 0 Å². The fourth-order valence-corrected chi connectivity index (χ4v) is 1.92. The van der Waals surface area contributed by atoms with Gasteiger partial charge in [0.1, 0.15) is 5.82 Å². The van der Waals surface area contributed by atoms with Crippen molar-refractivity contribution in [2.24, 2.45) is 0 Å². The van der Waals surface area contributed by atoms with Gasteiger partial charge >= 0.3 is 5.97 Å². The van der Waals surface area contributed by atoms with Gasteiger partial charge in [-0.2, -0.15) is 0 Å². The average molecular weight is 252 g/mol. The Labute approximate surface area is 107 Å². The quantitative estimate of drug-likeness (QED) is 0.813. The van der Waals surface area contributed by atoms with Crippen LogP contribution in [0.25, 0.3) is 0 Å². The van der Waals surface area contributed by atoms with Gasteiger partial charge in [-0.25, -0.2) is 9.78 Å². The number of rotatable bonds is 6. The van der Waals surface area contributed by atoms with Gasteiger partial charge in [0.2, 0.25) is 0 Å². The highest BCUT2D eigenvalue weighted by Crippen LogP contribution is 2.13. The summed E-state index contributed by atoms with van der Waals surface area (Å²) in [5, 5.41) is 8.92. The van der Waals surface area contributed by atoms with Crippen LogP contribution in [0.3, 0.4) is 0 Å². The number of hydrogen-bond donors (Lipinski definition) is 1. The number of hydrogen-bond acceptors (Lipinski definition) is 5. The molecule has 0 aliphatic heterocycles. The van der Waals surface area contributed by atoms with Gasteiger partial charge in [-0.3, -0.25) is 4.98 Å². The molecule has 18 heavy (non-hydrogen) atoms. The van der Waals surface area contributed by atoms with Crippen LogP contribution in [-0.2, 0) is 0 Å². The predicted molar refractivity (Wildman–Crippen MR) is 70.0 cm³/mol. The topological polar surface area (TPSA) is 69.6 Å². The zero-order chi connectivity index (χ0) is 13.7. The van der Waals surface area contributed by atoms with E-state index in [1.54, 1.807) is 6.20 Å². The lowest BCUT2D eigenvalue weighted by Crippen LogP contribution is -2.40. The molecular weight excluding hydrogens is 232 g/mol. The monoisotopic (exact) mass is 252 g/mol. The molecule has 1 aromatic rings. The van der Waals surface area contributed by atoms with Crippen molar-refractivity contribution in [3.8, 4) is 0 Å². The van der Waals surface area contributed by atoms with Gasteiger partial charge in [0.05, 0.1) is 12.4 Å². The van der Waals surface area contributed by atoms with Crippen molar-refractivity contribution in [2.45, 2.75) is 19.9 Å². The number of carboxylic acid groups (broad SMARTS) is 1. The van der Waals surface area contributed by atoms with Crippen molar-refractivity contribution >= 4 is 11.8 Å². The highest BCUT2D eigenvalue weighted by Gasteiger charge is 2.16. The van der Waals surface area contributed by atoms with Crippen LogP contribution in [0.1, 0.15) is 24.3 Å². The second-order valence-corrected chi connectivity index (χ2v) is 4.46. The van der Waals surface area contributed by atoms with Crippen molar-refractivity contribution in [2.75, 3.05) is 32.1 Å². The van der Waals surface area contributed by atoms with E-state index in [0.717, 1.165) is 13.1 Å². The highest BCUT2D eigenvalue weighted by molar-refractivity contribution is 5.85. The third-order valence-corrected chi connectivity index (χ3v) is 2.64. The summed E-state index contributed by atoms with van der Waals surface area (Å²) in [6, 6.07) is 0.239. The van der Waals surface area contributed by atoms with Crippen LogP contribution in [0.5, 0.6) is 0 Å². The molecule has 0 spiro atoms. The van der Waals surface area contributed by atoms with Crippen LogP contribution in [0.15, 0.2) is 12.4 Å². The first-order valence-corrected chi connectivity index (χ1v) is 5.92. The molecule has 1 aromatic heterocycles. The third kappa shape index (κ3) is 3.66. The Morgan fingerprint density at radius 3 is 2.61 bits per heavy atom. The second-order valence-electron chi connectivity index (χ2n) is 4.46. The number of nitrogens with zero attached hydrogens (tertiary/aromatic N) is 4. The predicted octanol–water partition coefficient (Wildman–Crippen LogP) is 0.951. The largest absolute Gasteiger partial charge is 0.476 e. The first-order chi connectivity index (χ1) is 8.45. The molecule has 0 bridgehead atoms. The van der Waals surface area contributed by atoms with Crippen LogP contribution >= 0.6 is 0 Å². The van der Waals surface area contributed by atoms with Crippen LogP contribution in [0.2, 0.25) is 0 Å². The molecule has 6 nitrogen and oxygen atoms in total. The minimum absolute atomic E-state index is 0.0250. The molecular formula is C12H20N4O2. The Balaban J connectivity index is 2.94. The number of aromatic nitrogens is 2. The van der Waals surface area contributed by atoms with Gasteiger partial charge in [-0.15, -0.1) is 0 Å².